The summed E-state index contributed by atoms with van der Waals surface area (Å²) in [5.74, 6) is 1.29. The van der Waals surface area contributed by atoms with Gasteiger partial charge in [0.15, 0.2) is 0 Å². The lowest BCUT2D eigenvalue weighted by molar-refractivity contribution is -0.132. The average Bonchev–Trinajstić information content (AvgIpc) is 3.12. The Bertz CT molecular complexity index is 914. The summed E-state index contributed by atoms with van der Waals surface area (Å²) in [6.07, 6.45) is 7.43. The van der Waals surface area contributed by atoms with E-state index >= 15 is 0 Å². The van der Waals surface area contributed by atoms with Crippen LogP contribution in [0.15, 0.2) is 54.9 Å². The van der Waals surface area contributed by atoms with Gasteiger partial charge in [-0.25, -0.2) is 4.98 Å². The highest BCUT2D eigenvalue weighted by Gasteiger charge is 2.25. The van der Waals surface area contributed by atoms with Crippen LogP contribution in [0.4, 0.5) is 0 Å². The van der Waals surface area contributed by atoms with Gasteiger partial charge < -0.3 is 9.47 Å². The maximum absolute atomic E-state index is 12.7. The van der Waals surface area contributed by atoms with Crippen molar-refractivity contribution in [1.29, 1.82) is 0 Å². The standard InChI is InChI=1S/C22H25N3O/c1-17-23-12-14-25(17)21-7-4-13-24(16-21)22(26)11-9-18-8-10-19-5-2-3-6-20(19)15-18/h2-3,5-6,8,10,12,14-15,21H,4,7,9,11,13,16H2,1H3/t21-/m1/s1. The van der Waals surface area contributed by atoms with E-state index in [-0.39, 0.29) is 5.91 Å². The molecule has 0 aliphatic carbocycles. The number of carbonyl (C=O) groups is 1. The second-order valence-electron chi connectivity index (χ2n) is 7.20. The van der Waals surface area contributed by atoms with E-state index < -0.39 is 0 Å². The predicted octanol–water partition coefficient (Wildman–Crippen LogP) is 4.14. The molecule has 134 valence electrons. The first-order valence-electron chi connectivity index (χ1n) is 9.45. The topological polar surface area (TPSA) is 38.1 Å². The lowest BCUT2D eigenvalue weighted by Crippen LogP contribution is -2.40. The predicted molar refractivity (Wildman–Crippen MR) is 104 cm³/mol. The van der Waals surface area contributed by atoms with Gasteiger partial charge >= 0.3 is 0 Å². The van der Waals surface area contributed by atoms with Gasteiger partial charge in [0.25, 0.3) is 0 Å². The number of aryl methyl sites for hydroxylation is 2. The van der Waals surface area contributed by atoms with E-state index in [0.29, 0.717) is 12.5 Å². The molecule has 0 spiro atoms. The van der Waals surface area contributed by atoms with Gasteiger partial charge in [-0.15, -0.1) is 0 Å². The van der Waals surface area contributed by atoms with E-state index in [2.05, 4.69) is 52.0 Å². The van der Waals surface area contributed by atoms with E-state index in [9.17, 15) is 4.79 Å². The SMILES string of the molecule is Cc1nccn1[C@@H]1CCCN(C(=O)CCc2ccc3ccccc3c2)C1. The zero-order chi connectivity index (χ0) is 17.9. The molecule has 0 unspecified atom stereocenters. The molecule has 26 heavy (non-hydrogen) atoms. The van der Waals surface area contributed by atoms with E-state index in [1.54, 1.807) is 0 Å². The molecule has 1 saturated heterocycles. The molecule has 1 fully saturated rings. The Morgan fingerprint density at radius 3 is 2.85 bits per heavy atom. The number of nitrogens with zero attached hydrogens (tertiary/aromatic N) is 3. The zero-order valence-corrected chi connectivity index (χ0v) is 15.3. The summed E-state index contributed by atoms with van der Waals surface area (Å²) in [6, 6.07) is 15.2. The van der Waals surface area contributed by atoms with E-state index in [4.69, 9.17) is 0 Å². The third-order valence-electron chi connectivity index (χ3n) is 5.45. The molecule has 2 heterocycles. The van der Waals surface area contributed by atoms with Gasteiger partial charge in [-0.3, -0.25) is 4.79 Å². The van der Waals surface area contributed by atoms with Crippen LogP contribution in [0.1, 0.15) is 36.7 Å². The van der Waals surface area contributed by atoms with Crippen LogP contribution in [0.5, 0.6) is 0 Å². The van der Waals surface area contributed by atoms with Crippen molar-refractivity contribution in [2.24, 2.45) is 0 Å². The summed E-state index contributed by atoms with van der Waals surface area (Å²) in [5, 5.41) is 2.49. The molecule has 0 saturated carbocycles. The first kappa shape index (κ1) is 16.8. The fourth-order valence-electron chi connectivity index (χ4n) is 3.99. The second kappa shape index (κ2) is 7.32. The van der Waals surface area contributed by atoms with Gasteiger partial charge in [-0.05, 0) is 42.5 Å². The molecule has 0 radical (unpaired) electrons. The Morgan fingerprint density at radius 2 is 2.04 bits per heavy atom. The summed E-state index contributed by atoms with van der Waals surface area (Å²) in [5.41, 5.74) is 1.23. The number of piperidine rings is 1. The number of likely N-dealkylation sites (tertiary alicyclic amines) is 1. The first-order valence-corrected chi connectivity index (χ1v) is 9.45. The third-order valence-corrected chi connectivity index (χ3v) is 5.45. The minimum absolute atomic E-state index is 0.264. The van der Waals surface area contributed by atoms with Crippen LogP contribution in [-0.4, -0.2) is 33.4 Å². The summed E-state index contributed by atoms with van der Waals surface area (Å²) < 4.78 is 2.21. The maximum atomic E-state index is 12.7. The van der Waals surface area contributed by atoms with Crippen LogP contribution in [0.25, 0.3) is 10.8 Å². The maximum Gasteiger partial charge on any atom is 0.222 e. The van der Waals surface area contributed by atoms with Crippen molar-refractivity contribution in [3.05, 3.63) is 66.2 Å². The molecule has 4 nitrogen and oxygen atoms in total. The highest BCUT2D eigenvalue weighted by atomic mass is 16.2. The Balaban J connectivity index is 1.38. The number of hydrogen-bond donors (Lipinski definition) is 0. The summed E-state index contributed by atoms with van der Waals surface area (Å²) in [7, 11) is 0. The smallest absolute Gasteiger partial charge is 0.222 e. The molecule has 0 N–H and O–H groups in total. The molecular weight excluding hydrogens is 322 g/mol. The van der Waals surface area contributed by atoms with Crippen LogP contribution in [-0.2, 0) is 11.2 Å². The largest absolute Gasteiger partial charge is 0.341 e. The zero-order valence-electron chi connectivity index (χ0n) is 15.3. The molecule has 4 heteroatoms. The van der Waals surface area contributed by atoms with Crippen LogP contribution in [0, 0.1) is 6.92 Å². The van der Waals surface area contributed by atoms with Gasteiger partial charge in [0.1, 0.15) is 5.82 Å². The van der Waals surface area contributed by atoms with Crippen LogP contribution in [0.2, 0.25) is 0 Å². The van der Waals surface area contributed by atoms with Crippen LogP contribution < -0.4 is 0 Å². The van der Waals surface area contributed by atoms with Gasteiger partial charge in [-0.1, -0.05) is 42.5 Å². The highest BCUT2D eigenvalue weighted by molar-refractivity contribution is 5.83. The molecule has 1 aliphatic heterocycles. The number of hydrogen-bond acceptors (Lipinski definition) is 2. The van der Waals surface area contributed by atoms with Gasteiger partial charge in [0.2, 0.25) is 5.91 Å². The van der Waals surface area contributed by atoms with Crippen molar-refractivity contribution in [2.45, 2.75) is 38.6 Å². The monoisotopic (exact) mass is 347 g/mol. The average molecular weight is 347 g/mol. The minimum atomic E-state index is 0.264. The molecule has 1 amide bonds. The van der Waals surface area contributed by atoms with Gasteiger partial charge in [0, 0.05) is 31.9 Å². The summed E-state index contributed by atoms with van der Waals surface area (Å²) in [6.45, 7) is 3.70. The van der Waals surface area contributed by atoms with E-state index in [0.717, 1.165) is 38.2 Å². The van der Waals surface area contributed by atoms with Crippen molar-refractivity contribution in [1.82, 2.24) is 14.5 Å². The van der Waals surface area contributed by atoms with Crippen molar-refractivity contribution < 1.29 is 4.79 Å². The van der Waals surface area contributed by atoms with Gasteiger partial charge in [-0.2, -0.15) is 0 Å². The van der Waals surface area contributed by atoms with Crippen LogP contribution >= 0.6 is 0 Å². The molecular formula is C22H25N3O. The fraction of sp³-hybridized carbons (Fsp3) is 0.364. The number of carbonyl (C=O) groups excluding carboxylic acids is 1. The highest BCUT2D eigenvalue weighted by Crippen LogP contribution is 2.23. The Kier molecular flexibility index (Phi) is 4.74. The Labute approximate surface area is 154 Å². The number of fused-ring (bicyclic) bond motifs is 1. The molecule has 0 bridgehead atoms. The molecule has 1 aliphatic rings. The number of rotatable bonds is 4. The number of aromatic nitrogens is 2. The normalized spacial score (nSPS) is 17.6. The fourth-order valence-corrected chi connectivity index (χ4v) is 3.99. The van der Waals surface area contributed by atoms with E-state index in [1.807, 2.05) is 24.2 Å². The number of amides is 1. The molecule has 1 atom stereocenters. The van der Waals surface area contributed by atoms with Crippen molar-refractivity contribution in [3.63, 3.8) is 0 Å². The number of benzene rings is 2. The van der Waals surface area contributed by atoms with Crippen molar-refractivity contribution in [3.8, 4) is 0 Å². The molecule has 2 aromatic carbocycles. The van der Waals surface area contributed by atoms with E-state index in [1.165, 1.54) is 16.3 Å². The lowest BCUT2D eigenvalue weighted by atomic mass is 10.0. The minimum Gasteiger partial charge on any atom is -0.341 e. The molecule has 4 rings (SSSR count). The molecule has 3 aromatic rings. The summed E-state index contributed by atoms with van der Waals surface area (Å²) in [4.78, 5) is 19.1. The lowest BCUT2D eigenvalue weighted by Gasteiger charge is -2.34. The van der Waals surface area contributed by atoms with Crippen molar-refractivity contribution >= 4 is 16.7 Å². The van der Waals surface area contributed by atoms with Gasteiger partial charge in [0.05, 0.1) is 6.04 Å². The Morgan fingerprint density at radius 1 is 1.19 bits per heavy atom. The number of imidazole rings is 1. The second-order valence-corrected chi connectivity index (χ2v) is 7.20. The van der Waals surface area contributed by atoms with Crippen molar-refractivity contribution in [2.75, 3.05) is 13.1 Å². The first-order chi connectivity index (χ1) is 12.7. The summed E-state index contributed by atoms with van der Waals surface area (Å²) >= 11 is 0. The molecule has 1 aromatic heterocycles. The van der Waals surface area contributed by atoms with Crippen LogP contribution in [0.3, 0.4) is 0 Å². The Hall–Kier alpha value is -2.62. The quantitative estimate of drug-likeness (QED) is 0.711. The third kappa shape index (κ3) is 3.50.